The molecular weight excluding hydrogens is 388 g/mol. The molecule has 4 atom stereocenters. The summed E-state index contributed by atoms with van der Waals surface area (Å²) >= 11 is 1.14. The Morgan fingerprint density at radius 2 is 1.96 bits per heavy atom. The maximum Gasteiger partial charge on any atom is 0.280 e. The van der Waals surface area contributed by atoms with Crippen molar-refractivity contribution in [1.82, 2.24) is 19.5 Å². The van der Waals surface area contributed by atoms with Crippen LogP contribution in [0.15, 0.2) is 39.1 Å². The van der Waals surface area contributed by atoms with E-state index in [1.54, 1.807) is 24.3 Å². The average molecular weight is 406 g/mol. The van der Waals surface area contributed by atoms with Crippen molar-refractivity contribution in [3.8, 4) is 0 Å². The third-order valence-corrected chi connectivity index (χ3v) is 5.49. The Bertz CT molecular complexity index is 1090. The summed E-state index contributed by atoms with van der Waals surface area (Å²) in [5.41, 5.74) is 11.7. The van der Waals surface area contributed by atoms with Gasteiger partial charge in [-0.3, -0.25) is 14.3 Å². The van der Waals surface area contributed by atoms with Gasteiger partial charge in [0.15, 0.2) is 22.5 Å². The van der Waals surface area contributed by atoms with Gasteiger partial charge in [-0.1, -0.05) is 12.1 Å². The van der Waals surface area contributed by atoms with E-state index in [0.717, 1.165) is 11.8 Å². The Morgan fingerprint density at radius 1 is 1.21 bits per heavy atom. The number of anilines is 2. The summed E-state index contributed by atoms with van der Waals surface area (Å²) < 4.78 is 6.99. The van der Waals surface area contributed by atoms with E-state index in [2.05, 4.69) is 15.0 Å². The highest BCUT2D eigenvalue weighted by Gasteiger charge is 2.45. The molecule has 1 aromatic carbocycles. The molecular formula is C16H18N6O5S. The van der Waals surface area contributed by atoms with E-state index in [4.69, 9.17) is 16.2 Å². The van der Waals surface area contributed by atoms with Crippen molar-refractivity contribution in [2.45, 2.75) is 34.6 Å². The van der Waals surface area contributed by atoms with Crippen LogP contribution < -0.4 is 17.0 Å². The molecule has 1 fully saturated rings. The van der Waals surface area contributed by atoms with Crippen LogP contribution in [0, 0.1) is 0 Å². The number of nitrogens with two attached hydrogens (primary N) is 2. The molecule has 0 bridgehead atoms. The molecule has 1 aliphatic rings. The van der Waals surface area contributed by atoms with E-state index in [9.17, 15) is 20.1 Å². The molecule has 3 aromatic rings. The molecule has 11 nitrogen and oxygen atoms in total. The maximum absolute atomic E-state index is 12.3. The van der Waals surface area contributed by atoms with Gasteiger partial charge in [-0.05, 0) is 23.9 Å². The Kier molecular flexibility index (Phi) is 4.72. The van der Waals surface area contributed by atoms with Crippen LogP contribution in [0.4, 0.5) is 11.6 Å². The van der Waals surface area contributed by atoms with Crippen molar-refractivity contribution < 1.29 is 20.1 Å². The molecule has 3 heterocycles. The van der Waals surface area contributed by atoms with Crippen molar-refractivity contribution in [3.05, 3.63) is 34.6 Å². The van der Waals surface area contributed by atoms with Crippen LogP contribution in [0.5, 0.6) is 0 Å². The Labute approximate surface area is 162 Å². The van der Waals surface area contributed by atoms with Crippen LogP contribution in [-0.4, -0.2) is 59.8 Å². The van der Waals surface area contributed by atoms with Crippen molar-refractivity contribution in [3.63, 3.8) is 0 Å². The second-order valence-corrected chi connectivity index (χ2v) is 7.27. The fourth-order valence-electron chi connectivity index (χ4n) is 3.05. The first-order valence-electron chi connectivity index (χ1n) is 8.33. The first-order chi connectivity index (χ1) is 13.4. The molecule has 148 valence electrons. The number of nitrogens with one attached hydrogen (secondary N) is 1. The number of aromatic amines is 1. The number of fused-ring (bicyclic) bond motifs is 1. The van der Waals surface area contributed by atoms with Crippen LogP contribution >= 0.6 is 11.8 Å². The van der Waals surface area contributed by atoms with Gasteiger partial charge in [0.1, 0.15) is 18.3 Å². The van der Waals surface area contributed by atoms with E-state index in [-0.39, 0.29) is 22.3 Å². The maximum atomic E-state index is 12.3. The molecule has 12 heteroatoms. The van der Waals surface area contributed by atoms with Crippen molar-refractivity contribution in [2.24, 2.45) is 0 Å². The van der Waals surface area contributed by atoms with Crippen LogP contribution in [0.1, 0.15) is 6.23 Å². The Hall–Kier alpha value is -2.64. The van der Waals surface area contributed by atoms with E-state index in [1.807, 2.05) is 0 Å². The van der Waals surface area contributed by atoms with Crippen LogP contribution in [0.25, 0.3) is 11.2 Å². The predicted octanol–water partition coefficient (Wildman–Crippen LogP) is -0.953. The molecule has 1 saturated heterocycles. The normalized spacial score (nSPS) is 24.8. The predicted molar refractivity (Wildman–Crippen MR) is 101 cm³/mol. The fourth-order valence-corrected chi connectivity index (χ4v) is 4.00. The van der Waals surface area contributed by atoms with Gasteiger partial charge in [-0.15, -0.1) is 0 Å². The number of hydrogen-bond donors (Lipinski definition) is 6. The van der Waals surface area contributed by atoms with E-state index in [1.165, 1.54) is 4.57 Å². The highest BCUT2D eigenvalue weighted by atomic mass is 32.2. The topological polar surface area (TPSA) is 186 Å². The molecule has 0 unspecified atom stereocenters. The quantitative estimate of drug-likeness (QED) is 0.295. The van der Waals surface area contributed by atoms with Crippen LogP contribution in [0.2, 0.25) is 0 Å². The highest BCUT2D eigenvalue weighted by Crippen LogP contribution is 2.38. The molecule has 28 heavy (non-hydrogen) atoms. The molecule has 0 amide bonds. The average Bonchev–Trinajstić information content (AvgIpc) is 3.15. The van der Waals surface area contributed by atoms with Gasteiger partial charge in [0.05, 0.1) is 6.61 Å². The molecule has 4 rings (SSSR count). The lowest BCUT2D eigenvalue weighted by Crippen LogP contribution is -2.33. The van der Waals surface area contributed by atoms with Gasteiger partial charge in [-0.2, -0.15) is 4.98 Å². The van der Waals surface area contributed by atoms with E-state index < -0.39 is 36.7 Å². The number of hydrogen-bond acceptors (Lipinski definition) is 10. The van der Waals surface area contributed by atoms with Crippen molar-refractivity contribution >= 4 is 34.6 Å². The zero-order chi connectivity index (χ0) is 20.0. The van der Waals surface area contributed by atoms with Gasteiger partial charge in [-0.25, -0.2) is 4.98 Å². The minimum absolute atomic E-state index is 0.0102. The molecule has 2 aromatic heterocycles. The van der Waals surface area contributed by atoms with Gasteiger partial charge >= 0.3 is 0 Å². The third kappa shape index (κ3) is 3.00. The summed E-state index contributed by atoms with van der Waals surface area (Å²) in [6.07, 6.45) is -4.86. The minimum Gasteiger partial charge on any atom is -0.398 e. The van der Waals surface area contributed by atoms with Gasteiger partial charge in [0, 0.05) is 10.6 Å². The fraction of sp³-hybridized carbons (Fsp3) is 0.312. The van der Waals surface area contributed by atoms with Gasteiger partial charge in [0.25, 0.3) is 5.56 Å². The first kappa shape index (κ1) is 18.7. The molecule has 0 spiro atoms. The standard InChI is InChI=1S/C16H18N6O5S/c17-6-3-1-2-4-8(6)28-16-19-9-12(20-15(18)21-13(9)26)22(16)14-11(25)10(24)7(5-23)27-14/h1-4,7,10-11,14,23-25H,5,17H2,(H3,18,20,21,26)/t7-,10-,11-,14-/m1/s1. The van der Waals surface area contributed by atoms with Gasteiger partial charge < -0.3 is 31.5 Å². The van der Waals surface area contributed by atoms with Crippen LogP contribution in [0.3, 0.4) is 0 Å². The molecule has 0 saturated carbocycles. The molecule has 0 aliphatic carbocycles. The lowest BCUT2D eigenvalue weighted by Gasteiger charge is -2.19. The third-order valence-electron chi connectivity index (χ3n) is 4.43. The van der Waals surface area contributed by atoms with Crippen molar-refractivity contribution in [2.75, 3.05) is 18.1 Å². The number of para-hydroxylation sites is 1. The number of imidazole rings is 1. The number of aromatic nitrogens is 4. The molecule has 1 aliphatic heterocycles. The highest BCUT2D eigenvalue weighted by molar-refractivity contribution is 7.99. The summed E-state index contributed by atoms with van der Waals surface area (Å²) in [5.74, 6) is -0.138. The van der Waals surface area contributed by atoms with E-state index >= 15 is 0 Å². The first-order valence-corrected chi connectivity index (χ1v) is 9.15. The van der Waals surface area contributed by atoms with Crippen molar-refractivity contribution in [1.29, 1.82) is 0 Å². The number of benzene rings is 1. The Morgan fingerprint density at radius 3 is 2.64 bits per heavy atom. The summed E-state index contributed by atoms with van der Waals surface area (Å²) in [6.45, 7) is -0.494. The second kappa shape index (κ2) is 7.07. The second-order valence-electron chi connectivity index (χ2n) is 6.26. The summed E-state index contributed by atoms with van der Waals surface area (Å²) in [7, 11) is 0. The summed E-state index contributed by atoms with van der Waals surface area (Å²) in [6, 6.07) is 7.06. The summed E-state index contributed by atoms with van der Waals surface area (Å²) in [4.78, 5) is 23.8. The van der Waals surface area contributed by atoms with Gasteiger partial charge in [0.2, 0.25) is 5.95 Å². The van der Waals surface area contributed by atoms with Crippen LogP contribution in [-0.2, 0) is 4.74 Å². The largest absolute Gasteiger partial charge is 0.398 e. The number of aliphatic hydroxyl groups excluding tert-OH is 3. The minimum atomic E-state index is -1.38. The zero-order valence-corrected chi connectivity index (χ0v) is 15.2. The lowest BCUT2D eigenvalue weighted by molar-refractivity contribution is -0.0548. The smallest absolute Gasteiger partial charge is 0.280 e. The van der Waals surface area contributed by atoms with E-state index in [0.29, 0.717) is 10.6 Å². The Balaban J connectivity index is 1.90. The number of nitrogen functional groups attached to an aromatic ring is 2. The SMILES string of the molecule is Nc1nc2c(nc(Sc3ccccc3N)n2[C@@H]2O[C@H](CO)[C@@H](O)[C@H]2O)c(=O)[nH]1. The number of aliphatic hydroxyl groups is 3. The number of rotatable bonds is 4. The molecule has 0 radical (unpaired) electrons. The zero-order valence-electron chi connectivity index (χ0n) is 14.4. The number of ether oxygens (including phenoxy) is 1. The molecule has 8 N–H and O–H groups in total. The number of nitrogens with zero attached hydrogens (tertiary/aromatic N) is 3. The summed E-state index contributed by atoms with van der Waals surface area (Å²) in [5, 5.41) is 30.2. The lowest BCUT2D eigenvalue weighted by atomic mass is 10.1. The monoisotopic (exact) mass is 406 g/mol. The number of H-pyrrole nitrogens is 1.